The number of rotatable bonds is 5. The number of nitrogens with one attached hydrogen (secondary N) is 1. The van der Waals surface area contributed by atoms with Gasteiger partial charge in [-0.2, -0.15) is 0 Å². The van der Waals surface area contributed by atoms with Gasteiger partial charge in [0, 0.05) is 16.5 Å². The Morgan fingerprint density at radius 1 is 0.511 bits per heavy atom. The van der Waals surface area contributed by atoms with Crippen molar-refractivity contribution in [3.63, 3.8) is 0 Å². The standard InChI is InChI=1S/C43H29N3S/c1-3-11-29(12-4-1)39-27-40(35-19-18-28-10-7-8-15-31(28)25-35)45-42(44-39)36-17-9-16-32(26-36)33-20-22-37-34(24-33)21-23-38-41(37)47-43(46-38)30-13-5-2-6-14-30/h1-27,40H,(H,44,45). The van der Waals surface area contributed by atoms with Crippen molar-refractivity contribution in [3.8, 4) is 21.7 Å². The lowest BCUT2D eigenvalue weighted by molar-refractivity contribution is 0.782. The molecule has 8 aromatic rings. The van der Waals surface area contributed by atoms with Crippen molar-refractivity contribution in [1.82, 2.24) is 10.3 Å². The Morgan fingerprint density at radius 2 is 1.21 bits per heavy atom. The predicted molar refractivity (Wildman–Crippen MR) is 199 cm³/mol. The molecule has 0 aliphatic carbocycles. The second kappa shape index (κ2) is 11.5. The summed E-state index contributed by atoms with van der Waals surface area (Å²) in [6.07, 6.45) is 2.24. The topological polar surface area (TPSA) is 37.3 Å². The third kappa shape index (κ3) is 5.19. The van der Waals surface area contributed by atoms with Crippen LogP contribution >= 0.6 is 11.3 Å². The van der Waals surface area contributed by atoms with E-state index >= 15 is 0 Å². The number of thiazole rings is 1. The fraction of sp³-hybridized carbons (Fsp3) is 0.0233. The number of hydrogen-bond donors (Lipinski definition) is 1. The zero-order valence-electron chi connectivity index (χ0n) is 25.5. The predicted octanol–water partition coefficient (Wildman–Crippen LogP) is 11.1. The molecule has 0 saturated heterocycles. The smallest absolute Gasteiger partial charge is 0.134 e. The van der Waals surface area contributed by atoms with Gasteiger partial charge in [-0.25, -0.2) is 9.98 Å². The molecule has 0 fully saturated rings. The molecule has 1 aliphatic heterocycles. The van der Waals surface area contributed by atoms with Crippen molar-refractivity contribution < 1.29 is 0 Å². The lowest BCUT2D eigenvalue weighted by Crippen LogP contribution is -2.31. The van der Waals surface area contributed by atoms with Gasteiger partial charge in [-0.05, 0) is 68.8 Å². The first-order valence-corrected chi connectivity index (χ1v) is 16.7. The SMILES string of the molecule is C1=C(c2ccccc2)N=C(c2cccc(-c3ccc4c(ccc5nc(-c6ccccc6)sc54)c3)c2)NC1c1ccc2ccccc2c1. The summed E-state index contributed by atoms with van der Waals surface area (Å²) in [6.45, 7) is 0. The summed E-state index contributed by atoms with van der Waals surface area (Å²) >= 11 is 1.76. The van der Waals surface area contributed by atoms with Gasteiger partial charge in [0.15, 0.2) is 0 Å². The third-order valence-electron chi connectivity index (χ3n) is 8.91. The van der Waals surface area contributed by atoms with Crippen LogP contribution in [0.15, 0.2) is 169 Å². The summed E-state index contributed by atoms with van der Waals surface area (Å²) in [5, 5.41) is 9.73. The largest absolute Gasteiger partial charge is 0.359 e. The molecule has 7 aromatic carbocycles. The first kappa shape index (κ1) is 27.5. The molecule has 1 N–H and O–H groups in total. The molecule has 0 amide bonds. The van der Waals surface area contributed by atoms with Crippen LogP contribution in [0.5, 0.6) is 0 Å². The van der Waals surface area contributed by atoms with Gasteiger partial charge in [-0.1, -0.05) is 133 Å². The van der Waals surface area contributed by atoms with Crippen LogP contribution in [0.3, 0.4) is 0 Å². The summed E-state index contributed by atoms with van der Waals surface area (Å²) in [7, 11) is 0. The van der Waals surface area contributed by atoms with Gasteiger partial charge < -0.3 is 5.32 Å². The van der Waals surface area contributed by atoms with E-state index in [4.69, 9.17) is 9.98 Å². The molecule has 0 bridgehead atoms. The summed E-state index contributed by atoms with van der Waals surface area (Å²) in [6, 6.07) is 55.9. The molecule has 3 nitrogen and oxygen atoms in total. The number of amidine groups is 1. The number of fused-ring (bicyclic) bond motifs is 4. The fourth-order valence-electron chi connectivity index (χ4n) is 6.48. The van der Waals surface area contributed by atoms with Crippen LogP contribution in [-0.2, 0) is 0 Å². The lowest BCUT2D eigenvalue weighted by atomic mass is 9.96. The Labute approximate surface area is 277 Å². The quantitative estimate of drug-likeness (QED) is 0.208. The average Bonchev–Trinajstić information content (AvgIpc) is 3.60. The van der Waals surface area contributed by atoms with Crippen molar-refractivity contribution >= 4 is 54.6 Å². The zero-order chi connectivity index (χ0) is 31.2. The molecular weight excluding hydrogens is 591 g/mol. The van der Waals surface area contributed by atoms with Crippen LogP contribution in [0, 0.1) is 0 Å². The van der Waals surface area contributed by atoms with Crippen molar-refractivity contribution in [2.24, 2.45) is 4.99 Å². The minimum absolute atomic E-state index is 0.0192. The number of nitrogens with zero attached hydrogens (tertiary/aromatic N) is 2. The molecule has 1 unspecified atom stereocenters. The number of benzene rings is 7. The first-order chi connectivity index (χ1) is 23.2. The van der Waals surface area contributed by atoms with Gasteiger partial charge >= 0.3 is 0 Å². The molecule has 1 aliphatic rings. The lowest BCUT2D eigenvalue weighted by Gasteiger charge is -2.25. The Hall–Kier alpha value is -5.84. The molecule has 0 radical (unpaired) electrons. The molecular formula is C43H29N3S. The van der Waals surface area contributed by atoms with E-state index in [9.17, 15) is 0 Å². The van der Waals surface area contributed by atoms with Gasteiger partial charge in [0.05, 0.1) is 22.0 Å². The van der Waals surface area contributed by atoms with Crippen LogP contribution in [-0.4, -0.2) is 10.8 Å². The summed E-state index contributed by atoms with van der Waals surface area (Å²) in [4.78, 5) is 10.1. The summed E-state index contributed by atoms with van der Waals surface area (Å²) < 4.78 is 1.22. The Bertz CT molecular complexity index is 2490. The van der Waals surface area contributed by atoms with Gasteiger partial charge in [0.2, 0.25) is 0 Å². The van der Waals surface area contributed by atoms with E-state index in [1.807, 2.05) is 12.1 Å². The molecule has 1 aromatic heterocycles. The minimum Gasteiger partial charge on any atom is -0.359 e. The van der Waals surface area contributed by atoms with E-state index in [2.05, 4.69) is 157 Å². The molecule has 2 heterocycles. The first-order valence-electron chi connectivity index (χ1n) is 15.9. The summed E-state index contributed by atoms with van der Waals surface area (Å²) in [5.74, 6) is 0.868. The highest BCUT2D eigenvalue weighted by molar-refractivity contribution is 7.22. The van der Waals surface area contributed by atoms with E-state index in [1.54, 1.807) is 11.3 Å². The maximum Gasteiger partial charge on any atom is 0.134 e. The molecule has 9 rings (SSSR count). The third-order valence-corrected chi connectivity index (χ3v) is 10.1. The van der Waals surface area contributed by atoms with Gasteiger partial charge in [0.25, 0.3) is 0 Å². The molecule has 1 atom stereocenters. The Morgan fingerprint density at radius 3 is 2.06 bits per heavy atom. The van der Waals surface area contributed by atoms with Crippen molar-refractivity contribution in [2.45, 2.75) is 6.04 Å². The highest BCUT2D eigenvalue weighted by Gasteiger charge is 2.20. The second-order valence-electron chi connectivity index (χ2n) is 11.9. The zero-order valence-corrected chi connectivity index (χ0v) is 26.3. The van der Waals surface area contributed by atoms with E-state index < -0.39 is 0 Å². The van der Waals surface area contributed by atoms with Gasteiger partial charge in [-0.15, -0.1) is 11.3 Å². The Balaban J connectivity index is 1.09. The highest BCUT2D eigenvalue weighted by atomic mass is 32.1. The number of aliphatic imine (C=N–C) groups is 1. The number of hydrogen-bond acceptors (Lipinski definition) is 4. The average molecular weight is 620 g/mol. The second-order valence-corrected chi connectivity index (χ2v) is 12.9. The monoisotopic (exact) mass is 619 g/mol. The van der Waals surface area contributed by atoms with E-state index in [1.165, 1.54) is 37.4 Å². The summed E-state index contributed by atoms with van der Waals surface area (Å²) in [5.41, 5.74) is 8.86. The van der Waals surface area contributed by atoms with Crippen LogP contribution in [0.25, 0.3) is 59.2 Å². The van der Waals surface area contributed by atoms with Crippen molar-refractivity contribution in [3.05, 3.63) is 180 Å². The fourth-order valence-corrected chi connectivity index (χ4v) is 7.58. The highest BCUT2D eigenvalue weighted by Crippen LogP contribution is 2.37. The molecule has 47 heavy (non-hydrogen) atoms. The van der Waals surface area contributed by atoms with Crippen LogP contribution in [0.1, 0.15) is 22.7 Å². The Kier molecular flexibility index (Phi) is 6.72. The van der Waals surface area contributed by atoms with Crippen molar-refractivity contribution in [1.29, 1.82) is 0 Å². The van der Waals surface area contributed by atoms with Gasteiger partial charge in [0.1, 0.15) is 10.8 Å². The van der Waals surface area contributed by atoms with Crippen LogP contribution in [0.4, 0.5) is 0 Å². The number of aromatic nitrogens is 1. The van der Waals surface area contributed by atoms with Crippen molar-refractivity contribution in [2.75, 3.05) is 0 Å². The molecule has 0 spiro atoms. The normalized spacial score (nSPS) is 14.6. The van der Waals surface area contributed by atoms with E-state index in [0.29, 0.717) is 0 Å². The van der Waals surface area contributed by atoms with Crippen LogP contribution < -0.4 is 5.32 Å². The minimum atomic E-state index is -0.0192. The van der Waals surface area contributed by atoms with Crippen LogP contribution in [0.2, 0.25) is 0 Å². The van der Waals surface area contributed by atoms with E-state index in [-0.39, 0.29) is 6.04 Å². The van der Waals surface area contributed by atoms with E-state index in [0.717, 1.165) is 44.3 Å². The molecule has 222 valence electrons. The maximum absolute atomic E-state index is 5.17. The van der Waals surface area contributed by atoms with Gasteiger partial charge in [-0.3, -0.25) is 0 Å². The maximum atomic E-state index is 5.17. The molecule has 0 saturated carbocycles. The molecule has 4 heteroatoms.